The maximum absolute atomic E-state index is 5.83. The third kappa shape index (κ3) is 8.71. The molecule has 0 bridgehead atoms. The van der Waals surface area contributed by atoms with Crippen molar-refractivity contribution in [3.63, 3.8) is 0 Å². The van der Waals surface area contributed by atoms with Gasteiger partial charge in [-0.15, -0.1) is 0 Å². The van der Waals surface area contributed by atoms with E-state index in [1.165, 1.54) is 5.56 Å². The molecular weight excluding hydrogens is 338 g/mol. The quantitative estimate of drug-likeness (QED) is 0.362. The van der Waals surface area contributed by atoms with Crippen molar-refractivity contribution in [1.82, 2.24) is 10.6 Å². The zero-order valence-corrected chi connectivity index (χ0v) is 16.4. The highest BCUT2D eigenvalue weighted by atomic mass is 16.5. The molecule has 5 nitrogen and oxygen atoms in total. The number of benzene rings is 2. The summed E-state index contributed by atoms with van der Waals surface area (Å²) in [7, 11) is 0. The predicted molar refractivity (Wildman–Crippen MR) is 111 cm³/mol. The fourth-order valence-corrected chi connectivity index (χ4v) is 2.58. The van der Waals surface area contributed by atoms with Gasteiger partial charge in [-0.2, -0.15) is 0 Å². The molecule has 27 heavy (non-hydrogen) atoms. The SMILES string of the molecule is CCNC(=NCc1cccc(COCc2ccccc2)c1)NCCOCC. The molecule has 0 radical (unpaired) electrons. The Morgan fingerprint density at radius 1 is 0.852 bits per heavy atom. The van der Waals surface area contributed by atoms with Crippen molar-refractivity contribution in [2.24, 2.45) is 4.99 Å². The molecule has 0 aromatic heterocycles. The van der Waals surface area contributed by atoms with Gasteiger partial charge >= 0.3 is 0 Å². The van der Waals surface area contributed by atoms with Gasteiger partial charge in [-0.05, 0) is 30.5 Å². The first-order chi connectivity index (χ1) is 13.3. The third-order valence-electron chi connectivity index (χ3n) is 3.88. The van der Waals surface area contributed by atoms with Gasteiger partial charge < -0.3 is 20.1 Å². The van der Waals surface area contributed by atoms with Crippen LogP contribution < -0.4 is 10.6 Å². The van der Waals surface area contributed by atoms with Gasteiger partial charge in [0, 0.05) is 19.7 Å². The largest absolute Gasteiger partial charge is 0.380 e. The average Bonchev–Trinajstić information content (AvgIpc) is 2.70. The van der Waals surface area contributed by atoms with E-state index in [1.54, 1.807) is 0 Å². The molecule has 0 saturated carbocycles. The molecule has 0 aliphatic heterocycles. The van der Waals surface area contributed by atoms with Crippen molar-refractivity contribution in [2.45, 2.75) is 33.6 Å². The van der Waals surface area contributed by atoms with Gasteiger partial charge in [0.15, 0.2) is 5.96 Å². The fraction of sp³-hybridized carbons (Fsp3) is 0.409. The Balaban J connectivity index is 1.83. The lowest BCUT2D eigenvalue weighted by molar-refractivity contribution is 0.107. The van der Waals surface area contributed by atoms with Crippen LogP contribution in [-0.2, 0) is 29.2 Å². The van der Waals surface area contributed by atoms with E-state index >= 15 is 0 Å². The predicted octanol–water partition coefficient (Wildman–Crippen LogP) is 3.50. The number of ether oxygens (including phenoxy) is 2. The second kappa shape index (κ2) is 12.9. The maximum Gasteiger partial charge on any atom is 0.191 e. The highest BCUT2D eigenvalue weighted by Crippen LogP contribution is 2.10. The molecule has 0 spiro atoms. The van der Waals surface area contributed by atoms with E-state index in [1.807, 2.05) is 25.1 Å². The minimum atomic E-state index is 0.596. The summed E-state index contributed by atoms with van der Waals surface area (Å²) in [4.78, 5) is 4.65. The van der Waals surface area contributed by atoms with Crippen molar-refractivity contribution < 1.29 is 9.47 Å². The molecular formula is C22H31N3O2. The van der Waals surface area contributed by atoms with E-state index in [0.717, 1.165) is 36.8 Å². The second-order valence-electron chi connectivity index (χ2n) is 6.12. The first-order valence-electron chi connectivity index (χ1n) is 9.61. The minimum absolute atomic E-state index is 0.596. The molecule has 0 aliphatic carbocycles. The number of hydrogen-bond donors (Lipinski definition) is 2. The van der Waals surface area contributed by atoms with Crippen LogP contribution in [0.3, 0.4) is 0 Å². The minimum Gasteiger partial charge on any atom is -0.380 e. The number of rotatable bonds is 11. The summed E-state index contributed by atoms with van der Waals surface area (Å²) in [6.45, 7) is 8.87. The Labute approximate surface area is 162 Å². The van der Waals surface area contributed by atoms with Gasteiger partial charge in [0.2, 0.25) is 0 Å². The van der Waals surface area contributed by atoms with Gasteiger partial charge in [-0.3, -0.25) is 0 Å². The van der Waals surface area contributed by atoms with E-state index in [9.17, 15) is 0 Å². The first-order valence-corrected chi connectivity index (χ1v) is 9.61. The highest BCUT2D eigenvalue weighted by molar-refractivity contribution is 5.79. The number of nitrogens with zero attached hydrogens (tertiary/aromatic N) is 1. The molecule has 2 N–H and O–H groups in total. The van der Waals surface area contributed by atoms with Crippen molar-refractivity contribution >= 4 is 5.96 Å². The summed E-state index contributed by atoms with van der Waals surface area (Å²) >= 11 is 0. The van der Waals surface area contributed by atoms with Gasteiger partial charge in [0.1, 0.15) is 0 Å². The van der Waals surface area contributed by atoms with E-state index in [2.05, 4.69) is 58.9 Å². The van der Waals surface area contributed by atoms with E-state index in [0.29, 0.717) is 26.4 Å². The number of guanidine groups is 1. The molecule has 0 fully saturated rings. The van der Waals surface area contributed by atoms with Gasteiger partial charge in [-0.25, -0.2) is 4.99 Å². The normalized spacial score (nSPS) is 11.4. The van der Waals surface area contributed by atoms with Crippen LogP contribution in [0.15, 0.2) is 59.6 Å². The van der Waals surface area contributed by atoms with Crippen LogP contribution in [0.2, 0.25) is 0 Å². The molecule has 0 aliphatic rings. The lowest BCUT2D eigenvalue weighted by Crippen LogP contribution is -2.39. The number of nitrogens with one attached hydrogen (secondary N) is 2. The van der Waals surface area contributed by atoms with Crippen LogP contribution in [0, 0.1) is 0 Å². The summed E-state index contributed by atoms with van der Waals surface area (Å²) in [6.07, 6.45) is 0. The third-order valence-corrected chi connectivity index (χ3v) is 3.88. The Kier molecular flexibility index (Phi) is 10.0. The Morgan fingerprint density at radius 2 is 1.59 bits per heavy atom. The van der Waals surface area contributed by atoms with Crippen LogP contribution in [0.25, 0.3) is 0 Å². The van der Waals surface area contributed by atoms with Gasteiger partial charge in [-0.1, -0.05) is 54.6 Å². The van der Waals surface area contributed by atoms with Crippen LogP contribution in [0.1, 0.15) is 30.5 Å². The lowest BCUT2D eigenvalue weighted by Gasteiger charge is -2.11. The standard InChI is InChI=1S/C22H31N3O2/c1-3-23-22(24-13-14-26-4-2)25-16-20-11-8-12-21(15-20)18-27-17-19-9-6-5-7-10-19/h5-12,15H,3-4,13-14,16-18H2,1-2H3,(H2,23,24,25). The summed E-state index contributed by atoms with van der Waals surface area (Å²) in [5.41, 5.74) is 3.51. The summed E-state index contributed by atoms with van der Waals surface area (Å²) in [5.74, 6) is 0.808. The molecule has 2 rings (SSSR count). The molecule has 146 valence electrons. The zero-order valence-electron chi connectivity index (χ0n) is 16.4. The summed E-state index contributed by atoms with van der Waals surface area (Å²) in [6, 6.07) is 18.6. The van der Waals surface area contributed by atoms with Crippen LogP contribution in [-0.4, -0.2) is 32.3 Å². The van der Waals surface area contributed by atoms with Crippen molar-refractivity contribution in [1.29, 1.82) is 0 Å². The first kappa shape index (κ1) is 20.9. The van der Waals surface area contributed by atoms with Crippen molar-refractivity contribution in [3.8, 4) is 0 Å². The van der Waals surface area contributed by atoms with Gasteiger partial charge in [0.05, 0.1) is 26.4 Å². The zero-order chi connectivity index (χ0) is 19.2. The molecule has 0 atom stereocenters. The molecule has 2 aromatic carbocycles. The van der Waals surface area contributed by atoms with Gasteiger partial charge in [0.25, 0.3) is 0 Å². The fourth-order valence-electron chi connectivity index (χ4n) is 2.58. The second-order valence-corrected chi connectivity index (χ2v) is 6.12. The number of aliphatic imine (C=N–C) groups is 1. The summed E-state index contributed by atoms with van der Waals surface area (Å²) < 4.78 is 11.2. The van der Waals surface area contributed by atoms with Crippen molar-refractivity contribution in [2.75, 3.05) is 26.3 Å². The highest BCUT2D eigenvalue weighted by Gasteiger charge is 2.00. The molecule has 2 aromatic rings. The van der Waals surface area contributed by atoms with E-state index < -0.39 is 0 Å². The molecule has 0 amide bonds. The van der Waals surface area contributed by atoms with Crippen LogP contribution in [0.4, 0.5) is 0 Å². The summed E-state index contributed by atoms with van der Waals surface area (Å²) in [5, 5.41) is 6.54. The lowest BCUT2D eigenvalue weighted by atomic mass is 10.1. The van der Waals surface area contributed by atoms with Crippen LogP contribution >= 0.6 is 0 Å². The van der Waals surface area contributed by atoms with Crippen LogP contribution in [0.5, 0.6) is 0 Å². The molecule has 5 heteroatoms. The molecule has 0 saturated heterocycles. The molecule has 0 heterocycles. The Bertz CT molecular complexity index is 674. The number of hydrogen-bond acceptors (Lipinski definition) is 3. The molecule has 0 unspecified atom stereocenters. The monoisotopic (exact) mass is 369 g/mol. The Morgan fingerprint density at radius 3 is 2.37 bits per heavy atom. The van der Waals surface area contributed by atoms with E-state index in [-0.39, 0.29) is 0 Å². The topological polar surface area (TPSA) is 54.9 Å². The van der Waals surface area contributed by atoms with Crippen molar-refractivity contribution in [3.05, 3.63) is 71.3 Å². The Hall–Kier alpha value is -2.37. The maximum atomic E-state index is 5.83. The average molecular weight is 370 g/mol. The smallest absolute Gasteiger partial charge is 0.191 e. The van der Waals surface area contributed by atoms with E-state index in [4.69, 9.17) is 9.47 Å².